The van der Waals surface area contributed by atoms with Crippen molar-refractivity contribution in [2.75, 3.05) is 5.32 Å². The lowest BCUT2D eigenvalue weighted by Gasteiger charge is -2.21. The lowest BCUT2D eigenvalue weighted by Crippen LogP contribution is -2.39. The Balaban J connectivity index is 2.07. The maximum absolute atomic E-state index is 12.9. The molecular weight excluding hydrogens is 341 g/mol. The van der Waals surface area contributed by atoms with E-state index in [1.54, 1.807) is 19.9 Å². The van der Waals surface area contributed by atoms with E-state index in [0.29, 0.717) is 5.56 Å². The van der Waals surface area contributed by atoms with Gasteiger partial charge in [-0.2, -0.15) is 13.2 Å². The highest BCUT2D eigenvalue weighted by Crippen LogP contribution is 2.30. The molecule has 0 unspecified atom stereocenters. The lowest BCUT2D eigenvalue weighted by atomic mass is 10.0. The molecule has 2 aromatic rings. The van der Waals surface area contributed by atoms with Crippen LogP contribution < -0.4 is 10.6 Å². The Hall–Kier alpha value is -2.34. The van der Waals surface area contributed by atoms with Crippen molar-refractivity contribution in [2.24, 2.45) is 0 Å². The predicted octanol–water partition coefficient (Wildman–Crippen LogP) is 5.00. The summed E-state index contributed by atoms with van der Waals surface area (Å²) in [6.45, 7) is 7.24. The van der Waals surface area contributed by atoms with Crippen LogP contribution in [0.25, 0.3) is 0 Å². The number of amides is 1. The molecule has 2 rings (SSSR count). The molecule has 0 saturated carbocycles. The first kappa shape index (κ1) is 20.0. The smallest absolute Gasteiger partial charge is 0.324 e. The van der Waals surface area contributed by atoms with Gasteiger partial charge in [0.2, 0.25) is 5.91 Å². The largest absolute Gasteiger partial charge is 0.416 e. The number of hydrogen-bond acceptors (Lipinski definition) is 2. The number of alkyl halides is 3. The molecule has 0 heterocycles. The van der Waals surface area contributed by atoms with Crippen molar-refractivity contribution in [3.8, 4) is 0 Å². The van der Waals surface area contributed by atoms with E-state index < -0.39 is 23.8 Å². The van der Waals surface area contributed by atoms with Gasteiger partial charge in [0.05, 0.1) is 11.6 Å². The summed E-state index contributed by atoms with van der Waals surface area (Å²) >= 11 is 0. The number of aryl methyl sites for hydroxylation is 2. The molecule has 2 N–H and O–H groups in total. The fourth-order valence-electron chi connectivity index (χ4n) is 2.77. The van der Waals surface area contributed by atoms with Crippen LogP contribution in [0.1, 0.15) is 42.1 Å². The molecule has 2 atom stereocenters. The van der Waals surface area contributed by atoms with Gasteiger partial charge in [0.15, 0.2) is 0 Å². The van der Waals surface area contributed by atoms with Crippen molar-refractivity contribution >= 4 is 11.6 Å². The summed E-state index contributed by atoms with van der Waals surface area (Å²) in [4.78, 5) is 12.5. The number of carbonyl (C=O) groups excluding carboxylic acids is 1. The number of para-hydroxylation sites is 1. The minimum absolute atomic E-state index is 0.235. The van der Waals surface area contributed by atoms with Crippen LogP contribution in [0.5, 0.6) is 0 Å². The summed E-state index contributed by atoms with van der Waals surface area (Å²) in [5.74, 6) is -0.235. The molecule has 140 valence electrons. The fraction of sp³-hybridized carbons (Fsp3) is 0.350. The standard InChI is InChI=1S/C20H23F3N2O/c1-12-7-5-8-13(2)18(12)25-19(26)15(4)24-14(3)16-9-6-10-17(11-16)20(21,22)23/h5-11,14-15,24H,1-4H3,(H,25,26)/t14-,15+/m1/s1. The molecule has 6 heteroatoms. The highest BCUT2D eigenvalue weighted by atomic mass is 19.4. The van der Waals surface area contributed by atoms with Gasteiger partial charge in [-0.15, -0.1) is 0 Å². The Kier molecular flexibility index (Phi) is 6.08. The Morgan fingerprint density at radius 2 is 1.58 bits per heavy atom. The lowest BCUT2D eigenvalue weighted by molar-refractivity contribution is -0.137. The number of hydrogen-bond donors (Lipinski definition) is 2. The summed E-state index contributed by atoms with van der Waals surface area (Å²) in [6.07, 6.45) is -4.39. The van der Waals surface area contributed by atoms with Crippen molar-refractivity contribution in [3.05, 3.63) is 64.7 Å². The third kappa shape index (κ3) is 4.85. The molecule has 1 amide bonds. The van der Waals surface area contributed by atoms with Crippen LogP contribution in [0.15, 0.2) is 42.5 Å². The maximum Gasteiger partial charge on any atom is 0.416 e. The Labute approximate surface area is 151 Å². The fourth-order valence-corrected chi connectivity index (χ4v) is 2.77. The van der Waals surface area contributed by atoms with Gasteiger partial charge in [0, 0.05) is 11.7 Å². The second-order valence-corrected chi connectivity index (χ2v) is 6.49. The van der Waals surface area contributed by atoms with E-state index in [2.05, 4.69) is 10.6 Å². The van der Waals surface area contributed by atoms with Gasteiger partial charge in [0.1, 0.15) is 0 Å². The van der Waals surface area contributed by atoms with E-state index in [1.165, 1.54) is 6.07 Å². The number of nitrogens with one attached hydrogen (secondary N) is 2. The van der Waals surface area contributed by atoms with E-state index in [-0.39, 0.29) is 5.91 Å². The normalized spacial score (nSPS) is 14.0. The molecule has 0 aliphatic carbocycles. The molecular formula is C20H23F3N2O. The Morgan fingerprint density at radius 3 is 2.15 bits per heavy atom. The predicted molar refractivity (Wildman–Crippen MR) is 97.0 cm³/mol. The minimum atomic E-state index is -4.39. The van der Waals surface area contributed by atoms with Crippen LogP contribution in [0.3, 0.4) is 0 Å². The van der Waals surface area contributed by atoms with Crippen molar-refractivity contribution in [2.45, 2.75) is 46.0 Å². The molecule has 0 radical (unpaired) electrons. The van der Waals surface area contributed by atoms with Crippen LogP contribution in [-0.4, -0.2) is 11.9 Å². The zero-order valence-corrected chi connectivity index (χ0v) is 15.2. The molecule has 0 bridgehead atoms. The monoisotopic (exact) mass is 364 g/mol. The topological polar surface area (TPSA) is 41.1 Å². The van der Waals surface area contributed by atoms with E-state index in [9.17, 15) is 18.0 Å². The minimum Gasteiger partial charge on any atom is -0.324 e. The van der Waals surface area contributed by atoms with Gasteiger partial charge in [-0.1, -0.05) is 30.3 Å². The summed E-state index contributed by atoms with van der Waals surface area (Å²) in [5, 5.41) is 5.94. The average molecular weight is 364 g/mol. The van der Waals surface area contributed by atoms with Gasteiger partial charge >= 0.3 is 6.18 Å². The van der Waals surface area contributed by atoms with Gasteiger partial charge in [-0.25, -0.2) is 0 Å². The molecule has 2 aromatic carbocycles. The van der Waals surface area contributed by atoms with Crippen LogP contribution in [0.4, 0.5) is 18.9 Å². The third-order valence-corrected chi connectivity index (χ3v) is 4.34. The molecule has 3 nitrogen and oxygen atoms in total. The first-order valence-corrected chi connectivity index (χ1v) is 8.40. The number of carbonyl (C=O) groups is 1. The van der Waals surface area contributed by atoms with Crippen LogP contribution in [0.2, 0.25) is 0 Å². The van der Waals surface area contributed by atoms with Gasteiger partial charge in [-0.05, 0) is 56.5 Å². The first-order valence-electron chi connectivity index (χ1n) is 8.40. The van der Waals surface area contributed by atoms with E-state index in [1.807, 2.05) is 32.0 Å². The molecule has 0 aliphatic heterocycles. The van der Waals surface area contributed by atoms with E-state index in [0.717, 1.165) is 28.9 Å². The maximum atomic E-state index is 12.9. The van der Waals surface area contributed by atoms with E-state index in [4.69, 9.17) is 0 Å². The molecule has 26 heavy (non-hydrogen) atoms. The van der Waals surface area contributed by atoms with Crippen LogP contribution >= 0.6 is 0 Å². The second-order valence-electron chi connectivity index (χ2n) is 6.49. The van der Waals surface area contributed by atoms with Crippen molar-refractivity contribution in [3.63, 3.8) is 0 Å². The number of halogens is 3. The molecule has 0 saturated heterocycles. The first-order chi connectivity index (χ1) is 12.1. The Morgan fingerprint density at radius 1 is 1.00 bits per heavy atom. The quantitative estimate of drug-likeness (QED) is 0.784. The molecule has 0 aromatic heterocycles. The molecule has 0 aliphatic rings. The Bertz CT molecular complexity index is 767. The highest BCUT2D eigenvalue weighted by molar-refractivity contribution is 5.95. The third-order valence-electron chi connectivity index (χ3n) is 4.34. The van der Waals surface area contributed by atoms with Gasteiger partial charge < -0.3 is 5.32 Å². The number of anilines is 1. The van der Waals surface area contributed by atoms with Gasteiger partial charge in [0.25, 0.3) is 0 Å². The van der Waals surface area contributed by atoms with Gasteiger partial charge in [-0.3, -0.25) is 10.1 Å². The van der Waals surface area contributed by atoms with Crippen molar-refractivity contribution in [1.82, 2.24) is 5.32 Å². The zero-order chi connectivity index (χ0) is 19.5. The number of rotatable bonds is 5. The summed E-state index contributed by atoms with van der Waals surface area (Å²) in [7, 11) is 0. The SMILES string of the molecule is Cc1cccc(C)c1NC(=O)[C@H](C)N[C@H](C)c1cccc(C(F)(F)F)c1. The highest BCUT2D eigenvalue weighted by Gasteiger charge is 2.30. The van der Waals surface area contributed by atoms with Crippen molar-refractivity contribution < 1.29 is 18.0 Å². The second kappa shape index (κ2) is 7.91. The molecule has 0 spiro atoms. The van der Waals surface area contributed by atoms with Crippen LogP contribution in [0, 0.1) is 13.8 Å². The summed E-state index contributed by atoms with van der Waals surface area (Å²) < 4.78 is 38.6. The van der Waals surface area contributed by atoms with Crippen molar-refractivity contribution in [1.29, 1.82) is 0 Å². The van der Waals surface area contributed by atoms with E-state index >= 15 is 0 Å². The average Bonchev–Trinajstić information content (AvgIpc) is 2.57. The summed E-state index contributed by atoms with van der Waals surface area (Å²) in [5.41, 5.74) is 2.45. The van der Waals surface area contributed by atoms with Crippen LogP contribution in [-0.2, 0) is 11.0 Å². The molecule has 0 fully saturated rings. The zero-order valence-electron chi connectivity index (χ0n) is 15.2. The number of benzene rings is 2. The summed E-state index contributed by atoms with van der Waals surface area (Å²) in [6, 6.07) is 9.88.